The Hall–Kier alpha value is -4.88. The van der Waals surface area contributed by atoms with E-state index in [0.717, 1.165) is 24.0 Å². The van der Waals surface area contributed by atoms with E-state index in [4.69, 9.17) is 8.83 Å². The number of hydrogen-bond acceptors (Lipinski definition) is 2. The van der Waals surface area contributed by atoms with Gasteiger partial charge in [-0.15, -0.1) is 86.4 Å². The molecule has 2 aromatic heterocycles. The molecule has 8 heteroatoms. The molecule has 2 saturated carbocycles. The summed E-state index contributed by atoms with van der Waals surface area (Å²) in [6.07, 6.45) is 21.3. The number of halogens is 4. The summed E-state index contributed by atoms with van der Waals surface area (Å²) in [5.41, 5.74) is 22.8. The van der Waals surface area contributed by atoms with Crippen molar-refractivity contribution in [3.63, 3.8) is 0 Å². The fourth-order valence-electron chi connectivity index (χ4n) is 14.2. The first kappa shape index (κ1) is 71.2. The van der Waals surface area contributed by atoms with Crippen LogP contribution in [0.5, 0.6) is 0 Å². The Morgan fingerprint density at radius 3 is 1.55 bits per heavy atom. The molecule has 7 aromatic carbocycles. The standard InChI is InChI=1S/C29H37.C13H9.C13H10.2C9H7O.C6H10.4ClH.2Zr/c1-16-13-14-25-26-23-12-10-9-11-22(23)15-24(26)27-19(4)17(2)18(3)21(6)29(27,8)28(25,7)20(16)5;1-3-7-12-10(5-1)9-11-6-2-4-8-13(11)12;1-3-7-12(8-4-1)11-13-9-5-2-6-10-13;2*1-2-4-8(3-1)9-5-6-10-7-9;1-2-4-6-5-3-1;;;;;;/h9-14,16-18,20-21H,15H2,1-8H3;1-5,7-8H,9H2;1-10H;2*1-7H;1-5H2;4*1H;;/q2*-1;;2*-1;;;;;;2*+2. The Bertz CT molecular complexity index is 3450. The maximum Gasteiger partial charge on any atom is 0.0471 e. The summed E-state index contributed by atoms with van der Waals surface area (Å²) in [4.78, 5) is 0. The zero-order valence-electron chi connectivity index (χ0n) is 51.6. The second-order valence-electron chi connectivity index (χ2n) is 24.0. The van der Waals surface area contributed by atoms with Gasteiger partial charge in [0.25, 0.3) is 0 Å². The van der Waals surface area contributed by atoms with Crippen LogP contribution < -0.4 is 0 Å². The predicted molar refractivity (Wildman–Crippen MR) is 370 cm³/mol. The van der Waals surface area contributed by atoms with E-state index in [1.807, 2.05) is 42.5 Å². The number of hydrogen-bond donors (Lipinski definition) is 0. The van der Waals surface area contributed by atoms with Crippen LogP contribution in [-0.2, 0) is 61.3 Å². The number of fused-ring (bicyclic) bond motifs is 9. The molecule has 2 nitrogen and oxygen atoms in total. The third-order valence-corrected chi connectivity index (χ3v) is 22.4. The van der Waals surface area contributed by atoms with Crippen LogP contribution in [0.25, 0.3) is 39.0 Å². The van der Waals surface area contributed by atoms with E-state index in [9.17, 15) is 0 Å². The zero-order chi connectivity index (χ0) is 58.1. The fraction of sp³-hybridized carbons (Fsp3) is 0.278. The van der Waals surface area contributed by atoms with Gasteiger partial charge >= 0.3 is 159 Å². The second kappa shape index (κ2) is 32.7. The number of furan rings is 2. The monoisotopic (exact) mass is 1380 g/mol. The van der Waals surface area contributed by atoms with E-state index < -0.39 is 0 Å². The third kappa shape index (κ3) is 15.3. The smallest absolute Gasteiger partial charge is 0.0471 e. The van der Waals surface area contributed by atoms with Gasteiger partial charge in [-0.05, 0) is 41.1 Å². The summed E-state index contributed by atoms with van der Waals surface area (Å²) in [5.74, 6) is 4.93. The summed E-state index contributed by atoms with van der Waals surface area (Å²) in [7, 11) is 0. The maximum atomic E-state index is 4.94. The van der Waals surface area contributed by atoms with Crippen LogP contribution in [-0.4, -0.2) is 6.41 Å². The van der Waals surface area contributed by atoms with Crippen molar-refractivity contribution in [2.45, 2.75) is 100 Å². The molecule has 0 aliphatic heterocycles. The summed E-state index contributed by atoms with van der Waals surface area (Å²) in [6, 6.07) is 68.6. The number of benzene rings is 5. The molecule has 0 saturated heterocycles. The average Bonchev–Trinajstić information content (AvgIpc) is 1.60. The molecule has 87 heavy (non-hydrogen) atoms. The van der Waals surface area contributed by atoms with Gasteiger partial charge in [-0.3, -0.25) is 0 Å². The number of allylic oxidation sites excluding steroid dienone is 6. The van der Waals surface area contributed by atoms with Gasteiger partial charge < -0.3 is 8.83 Å². The van der Waals surface area contributed by atoms with E-state index >= 15 is 0 Å². The van der Waals surface area contributed by atoms with Crippen LogP contribution in [0.4, 0.5) is 0 Å². The topological polar surface area (TPSA) is 26.3 Å². The largest absolute Gasteiger partial charge is 0.515 e. The minimum absolute atomic E-state index is 0. The molecule has 0 amide bonds. The molecule has 0 spiro atoms. The van der Waals surface area contributed by atoms with E-state index in [0.29, 0.717) is 29.6 Å². The molecule has 0 N–H and O–H groups in total. The van der Waals surface area contributed by atoms with Crippen molar-refractivity contribution in [3.05, 3.63) is 287 Å². The Morgan fingerprint density at radius 2 is 1.05 bits per heavy atom. The van der Waals surface area contributed by atoms with E-state index in [2.05, 4.69) is 219 Å². The first-order chi connectivity index (χ1) is 40.3. The van der Waals surface area contributed by atoms with Gasteiger partial charge in [-0.2, -0.15) is 65.2 Å². The van der Waals surface area contributed by atoms with Gasteiger partial charge in [0.2, 0.25) is 0 Å². The van der Waals surface area contributed by atoms with Gasteiger partial charge in [-0.25, -0.2) is 5.92 Å². The quantitative estimate of drug-likeness (QED) is 0.164. The van der Waals surface area contributed by atoms with Gasteiger partial charge in [0.05, 0.1) is 0 Å². The molecule has 448 valence electrons. The van der Waals surface area contributed by atoms with Crippen molar-refractivity contribution in [1.82, 2.24) is 0 Å². The molecule has 2 fully saturated rings. The molecule has 0 bridgehead atoms. The first-order valence-corrected chi connectivity index (χ1v) is 32.7. The first-order valence-electron chi connectivity index (χ1n) is 30.2. The van der Waals surface area contributed by atoms with E-state index in [1.165, 1.54) is 115 Å². The van der Waals surface area contributed by atoms with Crippen molar-refractivity contribution in [3.8, 4) is 33.4 Å². The molecule has 2 heterocycles. The van der Waals surface area contributed by atoms with Gasteiger partial charge in [0.15, 0.2) is 0 Å². The van der Waals surface area contributed by atoms with Crippen LogP contribution in [0.15, 0.2) is 251 Å². The van der Waals surface area contributed by atoms with Crippen LogP contribution in [0.1, 0.15) is 121 Å². The van der Waals surface area contributed by atoms with Crippen molar-refractivity contribution in [2.75, 3.05) is 0 Å². The summed E-state index contributed by atoms with van der Waals surface area (Å²) in [6.45, 7) is 20.2. The minimum Gasteiger partial charge on any atom is -0.515 e. The zero-order valence-corrected chi connectivity index (χ0v) is 59.8. The molecule has 6 aliphatic carbocycles. The van der Waals surface area contributed by atoms with Gasteiger partial charge in [-0.1, -0.05) is 184 Å². The molecular weight excluding hydrogens is 1310 g/mol. The van der Waals surface area contributed by atoms with Crippen LogP contribution in [0.3, 0.4) is 0 Å². The Labute approximate surface area is 574 Å². The van der Waals surface area contributed by atoms with Crippen LogP contribution in [0, 0.1) is 52.4 Å². The Kier molecular flexibility index (Phi) is 26.8. The van der Waals surface area contributed by atoms with Crippen molar-refractivity contribution < 1.29 is 57.3 Å². The summed E-state index contributed by atoms with van der Waals surface area (Å²) < 4.78 is 13.1. The van der Waals surface area contributed by atoms with Crippen LogP contribution >= 0.6 is 49.6 Å². The number of rotatable bonds is 4. The Morgan fingerprint density at radius 1 is 0.552 bits per heavy atom. The summed E-state index contributed by atoms with van der Waals surface area (Å²) >= 11 is 3.15. The molecular formula is C79H84Cl4O2Zr2. The van der Waals surface area contributed by atoms with E-state index in [1.54, 1.807) is 80.7 Å². The van der Waals surface area contributed by atoms with Crippen molar-refractivity contribution in [1.29, 1.82) is 0 Å². The van der Waals surface area contributed by atoms with Crippen molar-refractivity contribution >= 4 is 61.6 Å². The SMILES string of the molecule is C[C-]1C2=C3Cc4ccccc4C3=C3C=CC(C)C(C)C3(C)C2(C)C(C)C(C)C1C.Cl.Cl.Cl.Cl.[Zr+2]=[C](c1ccccc1)c1ccccc1.[Zr+2]=[C]1CCCCC1.[c-]1cccc2c1Cc1ccccc1-2.c1cc[c-](-c2ccoc2)c1.c1cc[c-](-c2ccoc2)c1. The van der Waals surface area contributed by atoms with Crippen molar-refractivity contribution in [2.24, 2.45) is 40.4 Å². The maximum absolute atomic E-state index is 4.94. The normalized spacial score (nSPS) is 22.0. The second-order valence-corrected chi connectivity index (χ2v) is 27.0. The average molecular weight is 1390 g/mol. The summed E-state index contributed by atoms with van der Waals surface area (Å²) in [5, 5.41) is 0. The molecule has 0 radical (unpaired) electrons. The van der Waals surface area contributed by atoms with Crippen LogP contribution in [0.2, 0.25) is 0 Å². The van der Waals surface area contributed by atoms with Gasteiger partial charge in [0, 0.05) is 30.5 Å². The van der Waals surface area contributed by atoms with E-state index in [-0.39, 0.29) is 60.5 Å². The molecule has 6 aliphatic rings. The molecule has 9 aromatic rings. The minimum atomic E-state index is 0. The predicted octanol–water partition coefficient (Wildman–Crippen LogP) is 22.2. The molecule has 7 atom stereocenters. The third-order valence-electron chi connectivity index (χ3n) is 19.7. The van der Waals surface area contributed by atoms with Gasteiger partial charge in [0.1, 0.15) is 0 Å². The molecule has 7 unspecified atom stereocenters. The molecule has 15 rings (SSSR count). The fourth-order valence-corrected chi connectivity index (χ4v) is 15.9. The Balaban J connectivity index is 0.000000177.